The van der Waals surface area contributed by atoms with Gasteiger partial charge < -0.3 is 15.0 Å². The van der Waals surface area contributed by atoms with Crippen LogP contribution in [0.5, 0.6) is 5.75 Å². The van der Waals surface area contributed by atoms with Gasteiger partial charge >= 0.3 is 0 Å². The normalized spacial score (nSPS) is 16.8. The molecule has 8 heteroatoms. The van der Waals surface area contributed by atoms with Crippen molar-refractivity contribution in [3.63, 3.8) is 0 Å². The summed E-state index contributed by atoms with van der Waals surface area (Å²) in [5, 5.41) is 7.65. The van der Waals surface area contributed by atoms with E-state index in [1.165, 1.54) is 0 Å². The van der Waals surface area contributed by atoms with E-state index in [2.05, 4.69) is 15.4 Å². The Kier molecular flexibility index (Phi) is 5.62. The van der Waals surface area contributed by atoms with Crippen molar-refractivity contribution in [3.8, 4) is 5.75 Å². The van der Waals surface area contributed by atoms with Crippen LogP contribution in [0.3, 0.4) is 0 Å². The number of ether oxygens (including phenoxy) is 1. The maximum Gasteiger partial charge on any atom is 0.259 e. The summed E-state index contributed by atoms with van der Waals surface area (Å²) >= 11 is 0. The third-order valence-corrected chi connectivity index (χ3v) is 4.74. The van der Waals surface area contributed by atoms with Gasteiger partial charge in [0, 0.05) is 37.1 Å². The molecule has 0 radical (unpaired) electrons. The summed E-state index contributed by atoms with van der Waals surface area (Å²) in [5.74, 6) is 0.725. The van der Waals surface area contributed by atoms with Crippen molar-refractivity contribution in [2.75, 3.05) is 26.7 Å². The minimum absolute atomic E-state index is 0. The van der Waals surface area contributed by atoms with Crippen molar-refractivity contribution in [1.82, 2.24) is 24.8 Å². The number of aryl methyl sites for hydroxylation is 1. The molecule has 1 aliphatic rings. The molecule has 0 spiro atoms. The van der Waals surface area contributed by atoms with E-state index in [9.17, 15) is 4.79 Å². The Morgan fingerprint density at radius 3 is 2.93 bits per heavy atom. The number of carbonyl (C=O) groups excluding carboxylic acids is 1. The van der Waals surface area contributed by atoms with E-state index in [0.717, 1.165) is 23.6 Å². The average Bonchev–Trinajstić information content (AvgIpc) is 3.10. The van der Waals surface area contributed by atoms with Gasteiger partial charge in [-0.1, -0.05) is 18.2 Å². The second-order valence-corrected chi connectivity index (χ2v) is 6.36. The zero-order valence-electron chi connectivity index (χ0n) is 15.3. The van der Waals surface area contributed by atoms with Gasteiger partial charge in [0.1, 0.15) is 11.3 Å². The van der Waals surface area contributed by atoms with E-state index in [1.54, 1.807) is 17.8 Å². The van der Waals surface area contributed by atoms with Crippen LogP contribution < -0.4 is 10.1 Å². The summed E-state index contributed by atoms with van der Waals surface area (Å²) < 4.78 is 7.15. The number of fused-ring (bicyclic) bond motifs is 1. The van der Waals surface area contributed by atoms with Gasteiger partial charge in [-0.05, 0) is 19.1 Å². The largest absolute Gasteiger partial charge is 0.496 e. The number of methoxy groups -OCH3 is 1. The number of benzene rings is 1. The molecule has 1 amide bonds. The van der Waals surface area contributed by atoms with Crippen LogP contribution in [0.15, 0.2) is 42.7 Å². The number of nitrogens with one attached hydrogen (secondary N) is 1. The molecule has 1 aromatic carbocycles. The Balaban J connectivity index is 0.00000210. The molecule has 7 nitrogen and oxygen atoms in total. The lowest BCUT2D eigenvalue weighted by atomic mass is 10.0. The monoisotopic (exact) mass is 387 g/mol. The number of amides is 1. The summed E-state index contributed by atoms with van der Waals surface area (Å²) in [6.45, 7) is 3.95. The molecule has 3 aromatic rings. The minimum Gasteiger partial charge on any atom is -0.496 e. The number of hydrogen-bond acceptors (Lipinski definition) is 5. The van der Waals surface area contributed by atoms with Gasteiger partial charge in [0.05, 0.1) is 19.3 Å². The summed E-state index contributed by atoms with van der Waals surface area (Å²) in [5.41, 5.74) is 2.97. The molecular weight excluding hydrogens is 366 g/mol. The van der Waals surface area contributed by atoms with Crippen LogP contribution in [0.25, 0.3) is 5.65 Å². The third kappa shape index (κ3) is 3.48. The van der Waals surface area contributed by atoms with Crippen LogP contribution >= 0.6 is 12.4 Å². The first-order valence-corrected chi connectivity index (χ1v) is 8.64. The fourth-order valence-corrected chi connectivity index (χ4v) is 3.43. The number of aromatic nitrogens is 3. The molecule has 2 aromatic heterocycles. The number of piperazine rings is 1. The first-order chi connectivity index (χ1) is 12.7. The molecular formula is C19H22ClN5O2. The molecule has 1 aliphatic heterocycles. The predicted molar refractivity (Wildman–Crippen MR) is 105 cm³/mol. The maximum atomic E-state index is 13.3. The standard InChI is InChI=1S/C19H21N5O2.ClH/c1-13-7-9-24-18(22-13)15(11-21-24)19(25)23-10-8-20-12-16(23)14-5-3-4-6-17(14)26-2;/h3-7,9,11,16,20H,8,10,12H2,1-2H3;1H. The zero-order chi connectivity index (χ0) is 18.1. The van der Waals surface area contributed by atoms with Gasteiger partial charge in [0.15, 0.2) is 5.65 Å². The highest BCUT2D eigenvalue weighted by molar-refractivity contribution is 6.00. The fourth-order valence-electron chi connectivity index (χ4n) is 3.43. The lowest BCUT2D eigenvalue weighted by Crippen LogP contribution is -2.48. The highest BCUT2D eigenvalue weighted by Crippen LogP contribution is 2.31. The Morgan fingerprint density at radius 2 is 2.11 bits per heavy atom. The lowest BCUT2D eigenvalue weighted by Gasteiger charge is -2.36. The van der Waals surface area contributed by atoms with E-state index < -0.39 is 0 Å². The smallest absolute Gasteiger partial charge is 0.259 e. The van der Waals surface area contributed by atoms with E-state index >= 15 is 0 Å². The van der Waals surface area contributed by atoms with Gasteiger partial charge in [-0.15, -0.1) is 12.4 Å². The molecule has 3 heterocycles. The second kappa shape index (κ2) is 7.94. The van der Waals surface area contributed by atoms with Crippen LogP contribution in [0.4, 0.5) is 0 Å². The van der Waals surface area contributed by atoms with Crippen molar-refractivity contribution in [1.29, 1.82) is 0 Å². The van der Waals surface area contributed by atoms with Crippen molar-refractivity contribution < 1.29 is 9.53 Å². The van der Waals surface area contributed by atoms with E-state index in [0.29, 0.717) is 24.3 Å². The summed E-state index contributed by atoms with van der Waals surface area (Å²) in [6, 6.07) is 9.60. The number of halogens is 1. The van der Waals surface area contributed by atoms with Crippen LogP contribution in [0, 0.1) is 6.92 Å². The van der Waals surface area contributed by atoms with Gasteiger partial charge in [-0.3, -0.25) is 4.79 Å². The second-order valence-electron chi connectivity index (χ2n) is 6.36. The van der Waals surface area contributed by atoms with Crippen LogP contribution in [0.2, 0.25) is 0 Å². The first-order valence-electron chi connectivity index (χ1n) is 8.64. The zero-order valence-corrected chi connectivity index (χ0v) is 16.1. The Labute approximate surface area is 163 Å². The number of rotatable bonds is 3. The molecule has 0 saturated carbocycles. The highest BCUT2D eigenvalue weighted by atomic mass is 35.5. The van der Waals surface area contributed by atoms with Crippen LogP contribution in [-0.4, -0.2) is 52.1 Å². The topological polar surface area (TPSA) is 71.8 Å². The molecule has 4 rings (SSSR count). The number of hydrogen-bond donors (Lipinski definition) is 1. The predicted octanol–water partition coefficient (Wildman–Crippen LogP) is 2.25. The molecule has 1 saturated heterocycles. The Hall–Kier alpha value is -2.64. The van der Waals surface area contributed by atoms with E-state index in [4.69, 9.17) is 4.74 Å². The molecule has 27 heavy (non-hydrogen) atoms. The van der Waals surface area contributed by atoms with Crippen LogP contribution in [0.1, 0.15) is 27.7 Å². The SMILES string of the molecule is COc1ccccc1C1CNCCN1C(=O)c1cnn2ccc(C)nc12.Cl. The fraction of sp³-hybridized carbons (Fsp3) is 0.316. The molecule has 1 atom stereocenters. The highest BCUT2D eigenvalue weighted by Gasteiger charge is 2.32. The number of nitrogens with zero attached hydrogens (tertiary/aromatic N) is 4. The van der Waals surface area contributed by atoms with Gasteiger partial charge in [0.25, 0.3) is 5.91 Å². The Morgan fingerprint density at radius 1 is 1.30 bits per heavy atom. The molecule has 142 valence electrons. The molecule has 1 N–H and O–H groups in total. The summed E-state index contributed by atoms with van der Waals surface area (Å²) in [7, 11) is 1.65. The minimum atomic E-state index is -0.104. The third-order valence-electron chi connectivity index (χ3n) is 4.74. The molecule has 1 fully saturated rings. The molecule has 1 unspecified atom stereocenters. The first kappa shape index (κ1) is 19.1. The van der Waals surface area contributed by atoms with Crippen molar-refractivity contribution in [2.24, 2.45) is 0 Å². The van der Waals surface area contributed by atoms with Crippen molar-refractivity contribution in [2.45, 2.75) is 13.0 Å². The summed E-state index contributed by atoms with van der Waals surface area (Å²) in [4.78, 5) is 19.7. The van der Waals surface area contributed by atoms with Gasteiger partial charge in [-0.2, -0.15) is 5.10 Å². The number of para-hydroxylation sites is 1. The quantitative estimate of drug-likeness (QED) is 0.746. The van der Waals surface area contributed by atoms with E-state index in [-0.39, 0.29) is 24.4 Å². The van der Waals surface area contributed by atoms with E-state index in [1.807, 2.05) is 48.4 Å². The van der Waals surface area contributed by atoms with Crippen molar-refractivity contribution >= 4 is 24.0 Å². The van der Waals surface area contributed by atoms with Crippen molar-refractivity contribution in [3.05, 3.63) is 59.5 Å². The van der Waals surface area contributed by atoms with Crippen LogP contribution in [-0.2, 0) is 0 Å². The molecule has 0 bridgehead atoms. The lowest BCUT2D eigenvalue weighted by molar-refractivity contribution is 0.0633. The molecule has 0 aliphatic carbocycles. The number of carbonyl (C=O) groups is 1. The maximum absolute atomic E-state index is 13.3. The van der Waals surface area contributed by atoms with Gasteiger partial charge in [0.2, 0.25) is 0 Å². The summed E-state index contributed by atoms with van der Waals surface area (Å²) in [6.07, 6.45) is 3.43. The van der Waals surface area contributed by atoms with Gasteiger partial charge in [-0.25, -0.2) is 9.50 Å². The Bertz CT molecular complexity index is 958. The average molecular weight is 388 g/mol.